The molecule has 0 aromatic heterocycles. The Morgan fingerprint density at radius 2 is 1.93 bits per heavy atom. The summed E-state index contributed by atoms with van der Waals surface area (Å²) in [6, 6.07) is 6.09. The van der Waals surface area contributed by atoms with E-state index in [4.69, 9.17) is 14.2 Å². The van der Waals surface area contributed by atoms with Crippen LogP contribution in [0.4, 0.5) is 4.79 Å². The van der Waals surface area contributed by atoms with Gasteiger partial charge in [-0.15, -0.1) is 0 Å². The van der Waals surface area contributed by atoms with Gasteiger partial charge in [0.2, 0.25) is 0 Å². The highest BCUT2D eigenvalue weighted by molar-refractivity contribution is 5.80. The molecule has 3 rings (SSSR count). The van der Waals surface area contributed by atoms with Crippen molar-refractivity contribution in [2.24, 2.45) is 5.92 Å². The number of nitrogens with zero attached hydrogens (tertiary/aromatic N) is 1. The highest BCUT2D eigenvalue weighted by Gasteiger charge is 2.32. The number of hydrogen-bond donors (Lipinski definition) is 0. The molecule has 2 heterocycles. The van der Waals surface area contributed by atoms with Crippen LogP contribution in [0, 0.1) is 5.92 Å². The molecule has 1 unspecified atom stereocenters. The van der Waals surface area contributed by atoms with Crippen LogP contribution >= 0.6 is 0 Å². The van der Waals surface area contributed by atoms with Crippen molar-refractivity contribution in [3.8, 4) is 5.75 Å². The Hall–Kier alpha value is -2.24. The zero-order chi connectivity index (χ0) is 19.6. The number of amides is 1. The molecule has 0 aliphatic carbocycles. The van der Waals surface area contributed by atoms with Crippen LogP contribution in [0.25, 0.3) is 0 Å². The summed E-state index contributed by atoms with van der Waals surface area (Å²) in [5.74, 6) is 0.699. The van der Waals surface area contributed by atoms with E-state index in [0.717, 1.165) is 43.7 Å². The van der Waals surface area contributed by atoms with Crippen molar-refractivity contribution in [2.75, 3.05) is 26.8 Å². The summed E-state index contributed by atoms with van der Waals surface area (Å²) in [7, 11) is 1.41. The fourth-order valence-electron chi connectivity index (χ4n) is 3.71. The van der Waals surface area contributed by atoms with Gasteiger partial charge in [0, 0.05) is 18.7 Å². The molecule has 2 aliphatic heterocycles. The fourth-order valence-corrected chi connectivity index (χ4v) is 3.71. The van der Waals surface area contributed by atoms with Crippen LogP contribution in [0.5, 0.6) is 5.75 Å². The number of benzene rings is 1. The van der Waals surface area contributed by atoms with Gasteiger partial charge in [-0.1, -0.05) is 12.1 Å². The molecule has 0 bridgehead atoms. The number of likely N-dealkylation sites (tertiary alicyclic amines) is 1. The molecule has 0 saturated carbocycles. The molecule has 0 radical (unpaired) electrons. The third kappa shape index (κ3) is 4.73. The number of esters is 1. The molecule has 148 valence electrons. The fraction of sp³-hybridized carbons (Fsp3) is 0.619. The lowest BCUT2D eigenvalue weighted by Gasteiger charge is -2.33. The first kappa shape index (κ1) is 19.5. The summed E-state index contributed by atoms with van der Waals surface area (Å²) < 4.78 is 15.9. The zero-order valence-corrected chi connectivity index (χ0v) is 16.6. The number of hydrogen-bond acceptors (Lipinski definition) is 5. The quantitative estimate of drug-likeness (QED) is 0.756. The van der Waals surface area contributed by atoms with E-state index in [1.165, 1.54) is 12.7 Å². The van der Waals surface area contributed by atoms with Crippen LogP contribution in [0.2, 0.25) is 0 Å². The van der Waals surface area contributed by atoms with E-state index >= 15 is 0 Å². The van der Waals surface area contributed by atoms with E-state index in [2.05, 4.69) is 12.1 Å². The molecular weight excluding hydrogens is 346 g/mol. The number of carbonyl (C=O) groups excluding carboxylic acids is 2. The Morgan fingerprint density at radius 1 is 1.22 bits per heavy atom. The van der Waals surface area contributed by atoms with E-state index in [0.29, 0.717) is 12.5 Å². The van der Waals surface area contributed by atoms with Gasteiger partial charge in [-0.05, 0) is 57.6 Å². The van der Waals surface area contributed by atoms with E-state index in [9.17, 15) is 9.59 Å². The van der Waals surface area contributed by atoms with Crippen molar-refractivity contribution < 1.29 is 23.8 Å². The molecule has 1 aromatic rings. The van der Waals surface area contributed by atoms with Gasteiger partial charge in [-0.25, -0.2) is 4.79 Å². The van der Waals surface area contributed by atoms with Crippen molar-refractivity contribution in [1.82, 2.24) is 4.90 Å². The average Bonchev–Trinajstić information content (AvgIpc) is 3.03. The van der Waals surface area contributed by atoms with Gasteiger partial charge >= 0.3 is 12.1 Å². The van der Waals surface area contributed by atoms with Crippen molar-refractivity contribution in [2.45, 2.75) is 51.6 Å². The molecule has 1 aromatic carbocycles. The zero-order valence-electron chi connectivity index (χ0n) is 16.6. The first-order valence-corrected chi connectivity index (χ1v) is 9.58. The van der Waals surface area contributed by atoms with Crippen LogP contribution in [-0.4, -0.2) is 49.4 Å². The first-order valence-electron chi connectivity index (χ1n) is 9.58. The average molecular weight is 375 g/mol. The maximum absolute atomic E-state index is 12.2. The molecule has 1 saturated heterocycles. The third-order valence-electron chi connectivity index (χ3n) is 5.13. The van der Waals surface area contributed by atoms with Gasteiger partial charge < -0.3 is 19.1 Å². The number of methoxy groups -OCH3 is 1. The van der Waals surface area contributed by atoms with Crippen LogP contribution in [0.15, 0.2) is 18.2 Å². The molecule has 2 aliphatic rings. The van der Waals surface area contributed by atoms with Crippen LogP contribution in [0.1, 0.15) is 50.7 Å². The predicted molar refractivity (Wildman–Crippen MR) is 101 cm³/mol. The number of rotatable bonds is 3. The lowest BCUT2D eigenvalue weighted by molar-refractivity contribution is -0.142. The Bertz CT molecular complexity index is 701. The Kier molecular flexibility index (Phi) is 5.63. The lowest BCUT2D eigenvalue weighted by Crippen LogP contribution is -2.42. The summed E-state index contributed by atoms with van der Waals surface area (Å²) in [4.78, 5) is 25.9. The molecule has 1 amide bonds. The standard InChI is InChI=1S/C21H29NO5/c1-21(2,3)27-20(24)22-9-7-14(8-10-22)11-15-5-6-18-16(12-15)17(13-26-18)19(23)25-4/h5-6,12,14,17H,7-11,13H2,1-4H3. The predicted octanol–water partition coefficient (Wildman–Crippen LogP) is 3.53. The summed E-state index contributed by atoms with van der Waals surface area (Å²) in [6.45, 7) is 7.45. The molecule has 6 heteroatoms. The minimum atomic E-state index is -0.462. The van der Waals surface area contributed by atoms with Crippen LogP contribution in [0.3, 0.4) is 0 Å². The maximum Gasteiger partial charge on any atom is 0.410 e. The monoisotopic (exact) mass is 375 g/mol. The van der Waals surface area contributed by atoms with Crippen LogP contribution < -0.4 is 4.74 Å². The minimum Gasteiger partial charge on any atom is -0.492 e. The molecule has 0 N–H and O–H groups in total. The minimum absolute atomic E-state index is 0.225. The van der Waals surface area contributed by atoms with E-state index in [-0.39, 0.29) is 18.0 Å². The van der Waals surface area contributed by atoms with E-state index < -0.39 is 5.60 Å². The second kappa shape index (κ2) is 7.79. The van der Waals surface area contributed by atoms with Gasteiger partial charge in [-0.3, -0.25) is 4.79 Å². The SMILES string of the molecule is COC(=O)C1COc2ccc(CC3CCN(C(=O)OC(C)(C)C)CC3)cc21. The lowest BCUT2D eigenvalue weighted by atomic mass is 9.88. The Labute approximate surface area is 160 Å². The highest BCUT2D eigenvalue weighted by Crippen LogP contribution is 2.36. The molecule has 0 spiro atoms. The second-order valence-electron chi connectivity index (χ2n) is 8.37. The number of fused-ring (bicyclic) bond motifs is 1. The normalized spacial score (nSPS) is 20.0. The van der Waals surface area contributed by atoms with Crippen molar-refractivity contribution in [1.29, 1.82) is 0 Å². The second-order valence-corrected chi connectivity index (χ2v) is 8.37. The van der Waals surface area contributed by atoms with Crippen LogP contribution in [-0.2, 0) is 20.7 Å². The number of piperidine rings is 1. The van der Waals surface area contributed by atoms with Gasteiger partial charge in [-0.2, -0.15) is 0 Å². The third-order valence-corrected chi connectivity index (χ3v) is 5.13. The maximum atomic E-state index is 12.2. The van der Waals surface area contributed by atoms with Gasteiger partial charge in [0.15, 0.2) is 0 Å². The van der Waals surface area contributed by atoms with Gasteiger partial charge in [0.25, 0.3) is 0 Å². The Balaban J connectivity index is 1.57. The molecule has 27 heavy (non-hydrogen) atoms. The number of carbonyl (C=O) groups is 2. The molecular formula is C21H29NO5. The largest absolute Gasteiger partial charge is 0.492 e. The Morgan fingerprint density at radius 3 is 2.56 bits per heavy atom. The van der Waals surface area contributed by atoms with Crippen molar-refractivity contribution in [3.05, 3.63) is 29.3 Å². The summed E-state index contributed by atoms with van der Waals surface area (Å²) in [5, 5.41) is 0. The van der Waals surface area contributed by atoms with Crippen molar-refractivity contribution in [3.63, 3.8) is 0 Å². The summed E-state index contributed by atoms with van der Waals surface area (Å²) in [6.07, 6.45) is 2.61. The molecule has 1 atom stereocenters. The van der Waals surface area contributed by atoms with Crippen molar-refractivity contribution >= 4 is 12.1 Å². The molecule has 6 nitrogen and oxygen atoms in total. The van der Waals surface area contributed by atoms with Gasteiger partial charge in [0.05, 0.1) is 7.11 Å². The summed E-state index contributed by atoms with van der Waals surface area (Å²) >= 11 is 0. The number of ether oxygens (including phenoxy) is 3. The molecule has 1 fully saturated rings. The topological polar surface area (TPSA) is 65.1 Å². The summed E-state index contributed by atoms with van der Waals surface area (Å²) in [5.41, 5.74) is 1.66. The smallest absolute Gasteiger partial charge is 0.410 e. The highest BCUT2D eigenvalue weighted by atomic mass is 16.6. The van der Waals surface area contributed by atoms with Gasteiger partial charge in [0.1, 0.15) is 23.9 Å². The van der Waals surface area contributed by atoms with E-state index in [1.54, 1.807) is 4.90 Å². The van der Waals surface area contributed by atoms with E-state index in [1.807, 2.05) is 26.8 Å². The first-order chi connectivity index (χ1) is 12.8.